The minimum absolute atomic E-state index is 0.102. The third-order valence-corrected chi connectivity index (χ3v) is 6.48. The van der Waals surface area contributed by atoms with Crippen molar-refractivity contribution in [2.75, 3.05) is 44.6 Å². The Labute approximate surface area is 199 Å². The fourth-order valence-corrected chi connectivity index (χ4v) is 4.65. The number of fused-ring (bicyclic) bond motifs is 1. The van der Waals surface area contributed by atoms with Gasteiger partial charge in [-0.3, -0.25) is 14.5 Å². The Kier molecular flexibility index (Phi) is 6.41. The van der Waals surface area contributed by atoms with Crippen LogP contribution in [-0.4, -0.2) is 72.0 Å². The minimum Gasteiger partial charge on any atom is -0.485 e. The van der Waals surface area contributed by atoms with E-state index < -0.39 is 6.10 Å². The molecule has 2 aliphatic rings. The van der Waals surface area contributed by atoms with Crippen LogP contribution in [0.15, 0.2) is 53.9 Å². The van der Waals surface area contributed by atoms with E-state index >= 15 is 0 Å². The van der Waals surface area contributed by atoms with Crippen molar-refractivity contribution in [1.82, 2.24) is 14.8 Å². The van der Waals surface area contributed by atoms with Gasteiger partial charge in [0.15, 0.2) is 16.6 Å². The van der Waals surface area contributed by atoms with E-state index in [1.54, 1.807) is 23.1 Å². The zero-order valence-electron chi connectivity index (χ0n) is 18.3. The van der Waals surface area contributed by atoms with Crippen LogP contribution in [0, 0.1) is 5.82 Å². The Bertz CT molecular complexity index is 1180. The van der Waals surface area contributed by atoms with Gasteiger partial charge in [0.25, 0.3) is 5.91 Å². The number of hydrogen-bond acceptors (Lipinski definition) is 7. The third kappa shape index (κ3) is 5.02. The summed E-state index contributed by atoms with van der Waals surface area (Å²) in [6.07, 6.45) is -0.662. The number of amides is 2. The fraction of sp³-hybridized carbons (Fsp3) is 0.292. The average Bonchev–Trinajstić information content (AvgIpc) is 3.32. The smallest absolute Gasteiger partial charge is 0.267 e. The highest BCUT2D eigenvalue weighted by Crippen LogP contribution is 2.31. The second-order valence-corrected chi connectivity index (χ2v) is 8.92. The van der Waals surface area contributed by atoms with Crippen molar-refractivity contribution in [3.63, 3.8) is 0 Å². The Morgan fingerprint density at radius 2 is 1.79 bits per heavy atom. The largest absolute Gasteiger partial charge is 0.485 e. The lowest BCUT2D eigenvalue weighted by Gasteiger charge is -2.36. The van der Waals surface area contributed by atoms with Crippen molar-refractivity contribution in [3.8, 4) is 22.8 Å². The Morgan fingerprint density at radius 3 is 2.56 bits per heavy atom. The molecule has 0 unspecified atom stereocenters. The van der Waals surface area contributed by atoms with Crippen LogP contribution in [0.5, 0.6) is 11.5 Å². The van der Waals surface area contributed by atoms with E-state index in [-0.39, 0.29) is 30.8 Å². The summed E-state index contributed by atoms with van der Waals surface area (Å²) in [4.78, 5) is 33.5. The predicted molar refractivity (Wildman–Crippen MR) is 126 cm³/mol. The third-order valence-electron chi connectivity index (χ3n) is 5.73. The number of benzene rings is 2. The van der Waals surface area contributed by atoms with Gasteiger partial charge in [-0.15, -0.1) is 11.3 Å². The number of anilines is 1. The quantitative estimate of drug-likeness (QED) is 0.602. The van der Waals surface area contributed by atoms with Crippen LogP contribution in [0.3, 0.4) is 0 Å². The summed E-state index contributed by atoms with van der Waals surface area (Å²) in [5.41, 5.74) is 1.47. The Balaban J connectivity index is 1.09. The van der Waals surface area contributed by atoms with Crippen molar-refractivity contribution < 1.29 is 23.5 Å². The van der Waals surface area contributed by atoms with Crippen LogP contribution >= 0.6 is 11.3 Å². The van der Waals surface area contributed by atoms with E-state index in [1.807, 2.05) is 28.5 Å². The number of piperazine rings is 1. The SMILES string of the molecule is O=C(CN1CCN(C(=O)[C@@H]2COc3ccccc3O2)CC1)Nc1nc(-c2ccc(F)cc2)cs1. The van der Waals surface area contributed by atoms with Gasteiger partial charge in [-0.2, -0.15) is 0 Å². The normalized spacial score (nSPS) is 17.9. The van der Waals surface area contributed by atoms with Crippen LogP contribution in [0.2, 0.25) is 0 Å². The fourth-order valence-electron chi connectivity index (χ4n) is 3.92. The van der Waals surface area contributed by atoms with E-state index in [0.29, 0.717) is 48.5 Å². The molecule has 0 radical (unpaired) electrons. The highest BCUT2D eigenvalue weighted by molar-refractivity contribution is 7.14. The first-order chi connectivity index (χ1) is 16.5. The topological polar surface area (TPSA) is 84.0 Å². The first-order valence-electron chi connectivity index (χ1n) is 11.0. The number of carbonyl (C=O) groups excluding carboxylic acids is 2. The molecule has 1 saturated heterocycles. The lowest BCUT2D eigenvalue weighted by Crippen LogP contribution is -2.54. The maximum absolute atomic E-state index is 13.1. The van der Waals surface area contributed by atoms with Gasteiger partial charge in [0.05, 0.1) is 12.2 Å². The molecule has 0 spiro atoms. The van der Waals surface area contributed by atoms with Gasteiger partial charge in [-0.05, 0) is 36.4 Å². The summed E-state index contributed by atoms with van der Waals surface area (Å²) in [5, 5.41) is 5.14. The van der Waals surface area contributed by atoms with Gasteiger partial charge >= 0.3 is 0 Å². The van der Waals surface area contributed by atoms with Gasteiger partial charge in [0.1, 0.15) is 12.4 Å². The molecule has 8 nitrogen and oxygen atoms in total. The highest BCUT2D eigenvalue weighted by Gasteiger charge is 2.33. The molecule has 3 heterocycles. The molecule has 2 aromatic carbocycles. The van der Waals surface area contributed by atoms with Crippen molar-refractivity contribution in [2.24, 2.45) is 0 Å². The zero-order chi connectivity index (χ0) is 23.5. The lowest BCUT2D eigenvalue weighted by molar-refractivity contribution is -0.143. The maximum Gasteiger partial charge on any atom is 0.267 e. The molecule has 5 rings (SSSR count). The molecular formula is C24H23FN4O4S. The molecule has 34 heavy (non-hydrogen) atoms. The second kappa shape index (κ2) is 9.78. The Morgan fingerprint density at radius 1 is 1.06 bits per heavy atom. The number of carbonyl (C=O) groups is 2. The molecule has 1 N–H and O–H groups in total. The molecule has 0 bridgehead atoms. The molecular weight excluding hydrogens is 459 g/mol. The number of nitrogens with zero attached hydrogens (tertiary/aromatic N) is 3. The van der Waals surface area contributed by atoms with Crippen molar-refractivity contribution in [1.29, 1.82) is 0 Å². The van der Waals surface area contributed by atoms with Crippen LogP contribution < -0.4 is 14.8 Å². The molecule has 1 aromatic heterocycles. The molecule has 3 aromatic rings. The molecule has 1 atom stereocenters. The maximum atomic E-state index is 13.1. The highest BCUT2D eigenvalue weighted by atomic mass is 32.1. The summed E-state index contributed by atoms with van der Waals surface area (Å²) in [6.45, 7) is 2.60. The van der Waals surface area contributed by atoms with E-state index in [1.165, 1.54) is 23.5 Å². The molecule has 0 aliphatic carbocycles. The van der Waals surface area contributed by atoms with Crippen molar-refractivity contribution >= 4 is 28.3 Å². The van der Waals surface area contributed by atoms with Crippen LogP contribution in [0.25, 0.3) is 11.3 Å². The van der Waals surface area contributed by atoms with E-state index in [9.17, 15) is 14.0 Å². The number of rotatable bonds is 5. The number of aromatic nitrogens is 1. The molecule has 0 saturated carbocycles. The second-order valence-electron chi connectivity index (χ2n) is 8.06. The number of nitrogens with one attached hydrogen (secondary N) is 1. The van der Waals surface area contributed by atoms with Gasteiger partial charge in [-0.1, -0.05) is 12.1 Å². The van der Waals surface area contributed by atoms with E-state index in [2.05, 4.69) is 10.3 Å². The molecule has 2 aliphatic heterocycles. The Hall–Kier alpha value is -3.50. The minimum atomic E-state index is -0.662. The number of para-hydroxylation sites is 2. The first kappa shape index (κ1) is 22.3. The van der Waals surface area contributed by atoms with E-state index in [0.717, 1.165) is 5.56 Å². The first-order valence-corrected chi connectivity index (χ1v) is 11.8. The summed E-state index contributed by atoms with van der Waals surface area (Å²) >= 11 is 1.32. The van der Waals surface area contributed by atoms with Gasteiger partial charge < -0.3 is 19.7 Å². The molecule has 1 fully saturated rings. The summed E-state index contributed by atoms with van der Waals surface area (Å²) in [7, 11) is 0. The van der Waals surface area contributed by atoms with Gasteiger partial charge in [0.2, 0.25) is 12.0 Å². The molecule has 176 valence electrons. The standard InChI is InChI=1S/C24H23FN4O4S/c25-17-7-5-16(6-8-17)18-15-34-24(26-18)27-22(30)13-28-9-11-29(12-10-28)23(31)21-14-32-19-3-1-2-4-20(19)33-21/h1-8,15,21H,9-14H2,(H,26,27,30)/t21-/m0/s1. The predicted octanol–water partition coefficient (Wildman–Crippen LogP) is 2.87. The summed E-state index contributed by atoms with van der Waals surface area (Å²) in [5.74, 6) is 0.647. The average molecular weight is 483 g/mol. The number of hydrogen-bond donors (Lipinski definition) is 1. The number of halogens is 1. The van der Waals surface area contributed by atoms with Crippen molar-refractivity contribution in [3.05, 3.63) is 59.7 Å². The van der Waals surface area contributed by atoms with Gasteiger partial charge in [0, 0.05) is 37.1 Å². The van der Waals surface area contributed by atoms with E-state index in [4.69, 9.17) is 9.47 Å². The number of thiazole rings is 1. The molecule has 10 heteroatoms. The monoisotopic (exact) mass is 482 g/mol. The summed E-state index contributed by atoms with van der Waals surface area (Å²) in [6, 6.07) is 13.4. The van der Waals surface area contributed by atoms with Crippen molar-refractivity contribution in [2.45, 2.75) is 6.10 Å². The lowest BCUT2D eigenvalue weighted by atomic mass is 10.2. The van der Waals surface area contributed by atoms with Gasteiger partial charge in [-0.25, -0.2) is 9.37 Å². The zero-order valence-corrected chi connectivity index (χ0v) is 19.1. The molecule has 2 amide bonds. The van der Waals surface area contributed by atoms with Crippen LogP contribution in [-0.2, 0) is 9.59 Å². The van der Waals surface area contributed by atoms with Crippen LogP contribution in [0.4, 0.5) is 9.52 Å². The van der Waals surface area contributed by atoms with Crippen LogP contribution in [0.1, 0.15) is 0 Å². The number of ether oxygens (including phenoxy) is 2. The summed E-state index contributed by atoms with van der Waals surface area (Å²) < 4.78 is 24.6.